The van der Waals surface area contributed by atoms with E-state index in [1.165, 1.54) is 24.6 Å². The van der Waals surface area contributed by atoms with Crippen molar-refractivity contribution >= 4 is 16.7 Å². The summed E-state index contributed by atoms with van der Waals surface area (Å²) in [4.78, 5) is 9.60. The van der Waals surface area contributed by atoms with Gasteiger partial charge in [0.05, 0.1) is 11.3 Å². The van der Waals surface area contributed by atoms with E-state index in [0.29, 0.717) is 22.6 Å². The number of fused-ring (bicyclic) bond motifs is 1. The highest BCUT2D eigenvalue weighted by molar-refractivity contribution is 5.85. The number of hydrogen-bond acceptors (Lipinski definition) is 2. The number of pyridine rings is 1. The van der Waals surface area contributed by atoms with Crippen LogP contribution in [-0.4, -0.2) is 23.1 Å². The normalized spacial score (nSPS) is 15.3. The van der Waals surface area contributed by atoms with Crippen LogP contribution in [0.4, 0.5) is 14.6 Å². The van der Waals surface area contributed by atoms with E-state index in [0.717, 1.165) is 31.3 Å². The summed E-state index contributed by atoms with van der Waals surface area (Å²) in [7, 11) is 0. The molecule has 1 N–H and O–H groups in total. The Labute approximate surface area is 133 Å². The molecule has 5 heteroatoms. The summed E-state index contributed by atoms with van der Waals surface area (Å²) in [6.07, 6.45) is 5.03. The zero-order chi connectivity index (χ0) is 15.8. The molecule has 0 unspecified atom stereocenters. The van der Waals surface area contributed by atoms with Gasteiger partial charge in [0.15, 0.2) is 0 Å². The number of nitrogens with zero attached hydrogens (tertiary/aromatic N) is 2. The molecule has 1 aliphatic heterocycles. The third-order valence-electron chi connectivity index (χ3n) is 4.39. The average molecular weight is 313 g/mol. The van der Waals surface area contributed by atoms with Crippen molar-refractivity contribution in [3.8, 4) is 11.3 Å². The monoisotopic (exact) mass is 313 g/mol. The third-order valence-corrected chi connectivity index (χ3v) is 4.39. The van der Waals surface area contributed by atoms with Crippen molar-refractivity contribution < 1.29 is 8.78 Å². The molecule has 0 spiro atoms. The maximum Gasteiger partial charge on any atom is 0.137 e. The van der Waals surface area contributed by atoms with Crippen LogP contribution in [0.5, 0.6) is 0 Å². The van der Waals surface area contributed by atoms with Crippen LogP contribution >= 0.6 is 0 Å². The van der Waals surface area contributed by atoms with Crippen LogP contribution in [0.25, 0.3) is 22.2 Å². The van der Waals surface area contributed by atoms with Gasteiger partial charge in [-0.3, -0.25) is 0 Å². The van der Waals surface area contributed by atoms with E-state index in [1.807, 2.05) is 6.07 Å². The van der Waals surface area contributed by atoms with Crippen molar-refractivity contribution in [1.82, 2.24) is 9.97 Å². The SMILES string of the molecule is Fc1ccc2cc(-c3cnc(N4CCCCC4)cc3F)[nH]c2c1. The minimum Gasteiger partial charge on any atom is -0.357 e. The van der Waals surface area contributed by atoms with Crippen molar-refractivity contribution in [2.75, 3.05) is 18.0 Å². The number of H-pyrrole nitrogens is 1. The Bertz CT molecular complexity index is 851. The van der Waals surface area contributed by atoms with E-state index < -0.39 is 0 Å². The molecule has 3 aromatic rings. The number of halogens is 2. The topological polar surface area (TPSA) is 31.9 Å². The van der Waals surface area contributed by atoms with Gasteiger partial charge in [-0.1, -0.05) is 0 Å². The fourth-order valence-electron chi connectivity index (χ4n) is 3.16. The molecule has 0 aliphatic carbocycles. The van der Waals surface area contributed by atoms with Crippen LogP contribution in [0.2, 0.25) is 0 Å². The molecule has 1 fully saturated rings. The zero-order valence-electron chi connectivity index (χ0n) is 12.6. The first kappa shape index (κ1) is 14.2. The van der Waals surface area contributed by atoms with Gasteiger partial charge in [-0.05, 0) is 43.5 Å². The summed E-state index contributed by atoms with van der Waals surface area (Å²) in [5.41, 5.74) is 1.67. The van der Waals surface area contributed by atoms with E-state index in [1.54, 1.807) is 12.3 Å². The lowest BCUT2D eigenvalue weighted by atomic mass is 10.1. The quantitative estimate of drug-likeness (QED) is 0.755. The Kier molecular flexibility index (Phi) is 3.48. The molecule has 1 aromatic carbocycles. The molecule has 0 atom stereocenters. The highest BCUT2D eigenvalue weighted by Gasteiger charge is 2.16. The Morgan fingerprint density at radius 2 is 1.83 bits per heavy atom. The standard InChI is InChI=1S/C18H17F2N3/c19-13-5-4-12-8-17(22-16(12)9-13)14-11-21-18(10-15(14)20)23-6-2-1-3-7-23/h4-5,8-11,22H,1-3,6-7H2. The maximum atomic E-state index is 14.5. The van der Waals surface area contributed by atoms with E-state index in [4.69, 9.17) is 0 Å². The third kappa shape index (κ3) is 2.67. The van der Waals surface area contributed by atoms with Gasteiger partial charge >= 0.3 is 0 Å². The lowest BCUT2D eigenvalue weighted by Crippen LogP contribution is -2.30. The molecule has 3 nitrogen and oxygen atoms in total. The van der Waals surface area contributed by atoms with Crippen molar-refractivity contribution in [2.24, 2.45) is 0 Å². The number of benzene rings is 1. The first-order valence-corrected chi connectivity index (χ1v) is 7.90. The van der Waals surface area contributed by atoms with Crippen molar-refractivity contribution in [2.45, 2.75) is 19.3 Å². The van der Waals surface area contributed by atoms with Gasteiger partial charge in [0.25, 0.3) is 0 Å². The molecule has 23 heavy (non-hydrogen) atoms. The van der Waals surface area contributed by atoms with Gasteiger partial charge in [0, 0.05) is 36.3 Å². The Hall–Kier alpha value is -2.43. The lowest BCUT2D eigenvalue weighted by molar-refractivity contribution is 0.569. The first-order chi connectivity index (χ1) is 11.2. The fourth-order valence-corrected chi connectivity index (χ4v) is 3.16. The summed E-state index contributed by atoms with van der Waals surface area (Å²) < 4.78 is 27.8. The molecule has 0 saturated carbocycles. The molecule has 1 aliphatic rings. The zero-order valence-corrected chi connectivity index (χ0v) is 12.6. The molecule has 3 heterocycles. The maximum absolute atomic E-state index is 14.5. The molecule has 0 amide bonds. The highest BCUT2D eigenvalue weighted by Crippen LogP contribution is 2.28. The molecular formula is C18H17F2N3. The van der Waals surface area contributed by atoms with Gasteiger partial charge in [-0.2, -0.15) is 0 Å². The van der Waals surface area contributed by atoms with Gasteiger partial charge in [0.2, 0.25) is 0 Å². The van der Waals surface area contributed by atoms with Crippen LogP contribution in [0.3, 0.4) is 0 Å². The number of piperidine rings is 1. The molecule has 4 rings (SSSR count). The molecule has 0 bridgehead atoms. The summed E-state index contributed by atoms with van der Waals surface area (Å²) >= 11 is 0. The lowest BCUT2D eigenvalue weighted by Gasteiger charge is -2.27. The van der Waals surface area contributed by atoms with Crippen LogP contribution in [-0.2, 0) is 0 Å². The second-order valence-electron chi connectivity index (χ2n) is 5.98. The van der Waals surface area contributed by atoms with E-state index in [9.17, 15) is 8.78 Å². The number of hydrogen-bond donors (Lipinski definition) is 1. The van der Waals surface area contributed by atoms with E-state index >= 15 is 0 Å². The summed E-state index contributed by atoms with van der Waals surface area (Å²) in [6.45, 7) is 1.86. The minimum absolute atomic E-state index is 0.312. The number of aromatic amines is 1. The number of aromatic nitrogens is 2. The van der Waals surface area contributed by atoms with Gasteiger partial charge in [0.1, 0.15) is 17.5 Å². The predicted octanol–water partition coefficient (Wildman–Crippen LogP) is 4.50. The van der Waals surface area contributed by atoms with Gasteiger partial charge in [-0.15, -0.1) is 0 Å². The fraction of sp³-hybridized carbons (Fsp3) is 0.278. The Balaban J connectivity index is 1.70. The smallest absolute Gasteiger partial charge is 0.137 e. The minimum atomic E-state index is -0.315. The average Bonchev–Trinajstić information content (AvgIpc) is 2.98. The first-order valence-electron chi connectivity index (χ1n) is 7.90. The second kappa shape index (κ2) is 5.65. The summed E-state index contributed by atoms with van der Waals surface area (Å²) in [6, 6.07) is 7.79. The number of anilines is 1. The van der Waals surface area contributed by atoms with Crippen molar-refractivity contribution in [1.29, 1.82) is 0 Å². The van der Waals surface area contributed by atoms with Crippen LogP contribution in [0.1, 0.15) is 19.3 Å². The molecule has 118 valence electrons. The van der Waals surface area contributed by atoms with Crippen LogP contribution < -0.4 is 4.90 Å². The van der Waals surface area contributed by atoms with Crippen molar-refractivity contribution in [3.63, 3.8) is 0 Å². The van der Waals surface area contributed by atoms with Crippen LogP contribution in [0, 0.1) is 11.6 Å². The summed E-state index contributed by atoms with van der Waals surface area (Å²) in [5, 5.41) is 0.848. The van der Waals surface area contributed by atoms with Gasteiger partial charge in [-0.25, -0.2) is 13.8 Å². The van der Waals surface area contributed by atoms with Crippen molar-refractivity contribution in [3.05, 3.63) is 48.2 Å². The Morgan fingerprint density at radius 1 is 1.00 bits per heavy atom. The Morgan fingerprint density at radius 3 is 2.61 bits per heavy atom. The highest BCUT2D eigenvalue weighted by atomic mass is 19.1. The predicted molar refractivity (Wildman–Crippen MR) is 87.5 cm³/mol. The summed E-state index contributed by atoms with van der Waals surface area (Å²) in [5.74, 6) is 0.0608. The molecule has 0 radical (unpaired) electrons. The molecule has 2 aromatic heterocycles. The molecule has 1 saturated heterocycles. The number of rotatable bonds is 2. The second-order valence-corrected chi connectivity index (χ2v) is 5.98. The molecular weight excluding hydrogens is 296 g/mol. The van der Waals surface area contributed by atoms with E-state index in [-0.39, 0.29) is 11.6 Å². The van der Waals surface area contributed by atoms with Crippen LogP contribution in [0.15, 0.2) is 36.5 Å². The number of nitrogens with one attached hydrogen (secondary N) is 1. The largest absolute Gasteiger partial charge is 0.357 e. The van der Waals surface area contributed by atoms with Gasteiger partial charge < -0.3 is 9.88 Å². The van der Waals surface area contributed by atoms with E-state index in [2.05, 4.69) is 14.9 Å².